The number of aromatic hydroxyl groups is 1. The minimum absolute atomic E-state index is 0.0724. The minimum Gasteiger partial charge on any atom is -0.504 e. The van der Waals surface area contributed by atoms with E-state index >= 15 is 0 Å². The second-order valence-electron chi connectivity index (χ2n) is 7.67. The van der Waals surface area contributed by atoms with Crippen molar-refractivity contribution in [3.05, 3.63) is 89.5 Å². The van der Waals surface area contributed by atoms with Crippen molar-refractivity contribution in [1.82, 2.24) is 4.90 Å². The summed E-state index contributed by atoms with van der Waals surface area (Å²) in [4.78, 5) is 2.34. The van der Waals surface area contributed by atoms with E-state index in [9.17, 15) is 5.11 Å². The van der Waals surface area contributed by atoms with Gasteiger partial charge in [0.2, 0.25) is 0 Å². The Bertz CT molecular complexity index is 958. The van der Waals surface area contributed by atoms with Crippen LogP contribution in [0.1, 0.15) is 41.8 Å². The molecular formula is C27H32ClNO3. The lowest BCUT2D eigenvalue weighted by Crippen LogP contribution is -2.27. The lowest BCUT2D eigenvalue weighted by atomic mass is 9.85. The minimum atomic E-state index is -0.346. The molecule has 0 aliphatic heterocycles. The van der Waals surface area contributed by atoms with E-state index in [0.717, 1.165) is 42.1 Å². The number of ether oxygens (including phenoxy) is 2. The van der Waals surface area contributed by atoms with Gasteiger partial charge in [0.05, 0.1) is 12.5 Å². The molecule has 170 valence electrons. The Hall–Kier alpha value is -2.69. The average Bonchev–Trinajstić information content (AvgIpc) is 2.84. The van der Waals surface area contributed by atoms with Gasteiger partial charge in [0.15, 0.2) is 11.5 Å². The van der Waals surface area contributed by atoms with E-state index in [2.05, 4.69) is 43.0 Å². The zero-order valence-electron chi connectivity index (χ0n) is 19.0. The first kappa shape index (κ1) is 24.0. The van der Waals surface area contributed by atoms with Crippen LogP contribution in [-0.4, -0.2) is 43.4 Å². The summed E-state index contributed by atoms with van der Waals surface area (Å²) >= 11 is 7.04. The van der Waals surface area contributed by atoms with Crippen LogP contribution in [0.2, 0.25) is 0 Å². The predicted molar refractivity (Wildman–Crippen MR) is 131 cm³/mol. The highest BCUT2D eigenvalue weighted by molar-refractivity contribution is 6.21. The fourth-order valence-electron chi connectivity index (χ4n) is 3.85. The van der Waals surface area contributed by atoms with Crippen LogP contribution in [-0.2, 0) is 0 Å². The maximum Gasteiger partial charge on any atom is 0.160 e. The monoisotopic (exact) mass is 453 g/mol. The molecule has 5 heteroatoms. The largest absolute Gasteiger partial charge is 0.504 e. The van der Waals surface area contributed by atoms with Gasteiger partial charge in [0.25, 0.3) is 0 Å². The van der Waals surface area contributed by atoms with E-state index in [1.54, 1.807) is 12.1 Å². The first-order chi connectivity index (χ1) is 15.6. The zero-order chi connectivity index (χ0) is 22.9. The third kappa shape index (κ3) is 5.96. The van der Waals surface area contributed by atoms with Crippen LogP contribution in [0.3, 0.4) is 0 Å². The highest BCUT2D eigenvalue weighted by atomic mass is 35.5. The molecule has 0 amide bonds. The third-order valence-electron chi connectivity index (χ3n) is 5.78. The third-order valence-corrected chi connectivity index (χ3v) is 6.29. The first-order valence-corrected chi connectivity index (χ1v) is 11.5. The number of benzene rings is 3. The molecule has 3 aromatic rings. The van der Waals surface area contributed by atoms with Crippen molar-refractivity contribution in [3.8, 4) is 17.2 Å². The molecule has 0 saturated heterocycles. The normalized spacial score (nSPS) is 13.0. The number of phenolic OH excluding ortho intramolecular Hbond substituents is 1. The Balaban J connectivity index is 1.84. The van der Waals surface area contributed by atoms with Gasteiger partial charge in [-0.3, -0.25) is 0 Å². The number of nitrogens with zero attached hydrogens (tertiary/aromatic N) is 1. The van der Waals surface area contributed by atoms with Gasteiger partial charge in [-0.1, -0.05) is 62.4 Å². The predicted octanol–water partition coefficient (Wildman–Crippen LogP) is 6.23. The highest BCUT2D eigenvalue weighted by Crippen LogP contribution is 2.43. The van der Waals surface area contributed by atoms with Crippen LogP contribution >= 0.6 is 11.6 Å². The SMILES string of the molecule is CCN(CC)CCOc1ccc(C(c2ccccc2)C(Cl)c2ccc(O)c(OC)c2)cc1. The standard InChI is InChI=1S/C27H32ClNO3/c1-4-29(5-2)17-18-32-23-14-11-21(12-15-23)26(20-9-7-6-8-10-20)27(28)22-13-16-24(30)25(19-22)31-3/h6-16,19,26-27,30H,4-5,17-18H2,1-3H3. The second kappa shape index (κ2) is 11.8. The lowest BCUT2D eigenvalue weighted by molar-refractivity contribution is 0.223. The van der Waals surface area contributed by atoms with Crippen molar-refractivity contribution < 1.29 is 14.6 Å². The molecule has 0 fully saturated rings. The Morgan fingerprint density at radius 3 is 2.12 bits per heavy atom. The molecule has 0 aliphatic carbocycles. The van der Waals surface area contributed by atoms with E-state index in [1.165, 1.54) is 7.11 Å². The number of methoxy groups -OCH3 is 1. The van der Waals surface area contributed by atoms with E-state index in [0.29, 0.717) is 12.4 Å². The number of hydrogen-bond donors (Lipinski definition) is 1. The molecular weight excluding hydrogens is 422 g/mol. The molecule has 0 aliphatic rings. The van der Waals surface area contributed by atoms with Gasteiger partial charge in [0.1, 0.15) is 12.4 Å². The van der Waals surface area contributed by atoms with Crippen molar-refractivity contribution >= 4 is 11.6 Å². The van der Waals surface area contributed by atoms with Gasteiger partial charge >= 0.3 is 0 Å². The Kier molecular flexibility index (Phi) is 8.83. The van der Waals surface area contributed by atoms with Gasteiger partial charge in [-0.15, -0.1) is 11.6 Å². The summed E-state index contributed by atoms with van der Waals surface area (Å²) in [6.45, 7) is 7.94. The quantitative estimate of drug-likeness (QED) is 0.349. The topological polar surface area (TPSA) is 41.9 Å². The molecule has 3 aromatic carbocycles. The molecule has 0 radical (unpaired) electrons. The maximum absolute atomic E-state index is 9.97. The van der Waals surface area contributed by atoms with Gasteiger partial charge in [0, 0.05) is 12.5 Å². The van der Waals surface area contributed by atoms with Crippen molar-refractivity contribution in [1.29, 1.82) is 0 Å². The molecule has 0 spiro atoms. The Labute approximate surface area is 196 Å². The summed E-state index contributed by atoms with van der Waals surface area (Å²) in [6, 6.07) is 23.7. The number of rotatable bonds is 11. The summed E-state index contributed by atoms with van der Waals surface area (Å²) in [6.07, 6.45) is 0. The smallest absolute Gasteiger partial charge is 0.160 e. The van der Waals surface area contributed by atoms with E-state index in [1.807, 2.05) is 36.4 Å². The van der Waals surface area contributed by atoms with Gasteiger partial charge in [-0.2, -0.15) is 0 Å². The van der Waals surface area contributed by atoms with Crippen molar-refractivity contribution in [2.24, 2.45) is 0 Å². The first-order valence-electron chi connectivity index (χ1n) is 11.1. The average molecular weight is 454 g/mol. The fourth-order valence-corrected chi connectivity index (χ4v) is 4.28. The molecule has 0 aromatic heterocycles. The summed E-state index contributed by atoms with van der Waals surface area (Å²) in [7, 11) is 1.54. The molecule has 2 unspecified atom stereocenters. The number of hydrogen-bond acceptors (Lipinski definition) is 4. The number of alkyl halides is 1. The number of likely N-dealkylation sites (N-methyl/N-ethyl adjacent to an activating group) is 1. The van der Waals surface area contributed by atoms with Gasteiger partial charge < -0.3 is 19.5 Å². The van der Waals surface area contributed by atoms with Crippen LogP contribution in [0.4, 0.5) is 0 Å². The van der Waals surface area contributed by atoms with Crippen molar-refractivity contribution in [2.75, 3.05) is 33.4 Å². The summed E-state index contributed by atoms with van der Waals surface area (Å²) < 4.78 is 11.2. The molecule has 0 bridgehead atoms. The molecule has 0 heterocycles. The van der Waals surface area contributed by atoms with E-state index < -0.39 is 0 Å². The van der Waals surface area contributed by atoms with Crippen LogP contribution in [0, 0.1) is 0 Å². The van der Waals surface area contributed by atoms with Gasteiger partial charge in [-0.25, -0.2) is 0 Å². The summed E-state index contributed by atoms with van der Waals surface area (Å²) in [5, 5.41) is 9.63. The fraction of sp³-hybridized carbons (Fsp3) is 0.333. The van der Waals surface area contributed by atoms with Crippen LogP contribution in [0.15, 0.2) is 72.8 Å². The van der Waals surface area contributed by atoms with Gasteiger partial charge in [-0.05, 0) is 54.0 Å². The number of halogens is 1. The van der Waals surface area contributed by atoms with Crippen LogP contribution < -0.4 is 9.47 Å². The Morgan fingerprint density at radius 1 is 0.875 bits per heavy atom. The Morgan fingerprint density at radius 2 is 1.50 bits per heavy atom. The second-order valence-corrected chi connectivity index (χ2v) is 8.14. The summed E-state index contributed by atoms with van der Waals surface area (Å²) in [5.74, 6) is 1.29. The maximum atomic E-state index is 9.97. The van der Waals surface area contributed by atoms with Crippen LogP contribution in [0.5, 0.6) is 17.2 Å². The van der Waals surface area contributed by atoms with Crippen molar-refractivity contribution in [3.63, 3.8) is 0 Å². The lowest BCUT2D eigenvalue weighted by Gasteiger charge is -2.25. The molecule has 2 atom stereocenters. The van der Waals surface area contributed by atoms with E-state index in [4.69, 9.17) is 21.1 Å². The van der Waals surface area contributed by atoms with E-state index in [-0.39, 0.29) is 17.0 Å². The zero-order valence-corrected chi connectivity index (χ0v) is 19.8. The molecule has 3 rings (SSSR count). The number of phenols is 1. The molecule has 4 nitrogen and oxygen atoms in total. The summed E-state index contributed by atoms with van der Waals surface area (Å²) in [5.41, 5.74) is 3.10. The van der Waals surface area contributed by atoms with Crippen molar-refractivity contribution in [2.45, 2.75) is 25.1 Å². The molecule has 0 saturated carbocycles. The molecule has 1 N–H and O–H groups in total. The van der Waals surface area contributed by atoms with Crippen LogP contribution in [0.25, 0.3) is 0 Å². The molecule has 32 heavy (non-hydrogen) atoms. The highest BCUT2D eigenvalue weighted by Gasteiger charge is 2.25.